The van der Waals surface area contributed by atoms with Gasteiger partial charge in [-0.15, -0.1) is 0 Å². The minimum Gasteiger partial charge on any atom is -0.477 e. The molecule has 1 N–H and O–H groups in total. The average molecular weight is 827 g/mol. The monoisotopic (exact) mass is 827 g/mol. The first-order valence-electron chi connectivity index (χ1n) is 22.8. The molecule has 336 valence electrons. The van der Waals surface area contributed by atoms with Gasteiger partial charge in [0.1, 0.15) is 13.2 Å². The second-order valence-corrected chi connectivity index (χ2v) is 16.0. The van der Waals surface area contributed by atoms with Crippen LogP contribution in [0.3, 0.4) is 0 Å². The largest absolute Gasteiger partial charge is 0.477 e. The molecule has 9 nitrogen and oxygen atoms in total. The third-order valence-corrected chi connectivity index (χ3v) is 9.17. The van der Waals surface area contributed by atoms with Crippen molar-refractivity contribution >= 4 is 17.9 Å². The van der Waals surface area contributed by atoms with Gasteiger partial charge in [0.15, 0.2) is 6.10 Å². The lowest BCUT2D eigenvalue weighted by Crippen LogP contribution is -2.40. The zero-order chi connectivity index (χ0) is 43.5. The quantitative estimate of drug-likeness (QED) is 0.0214. The summed E-state index contributed by atoms with van der Waals surface area (Å²) < 4.78 is 22.6. The maximum absolute atomic E-state index is 12.7. The smallest absolute Gasteiger partial charge is 0.361 e. The molecule has 0 rings (SSSR count). The number of likely N-dealkylation sites (N-methyl/N-ethyl adjacent to an activating group) is 1. The van der Waals surface area contributed by atoms with E-state index in [-0.39, 0.29) is 32.2 Å². The first-order chi connectivity index (χ1) is 28.6. The number of nitrogens with zero attached hydrogens (tertiary/aromatic N) is 1. The Kier molecular flexibility index (Phi) is 38.7. The number of unbranched alkanes of at least 4 members (excludes halogenated alkanes) is 11. The van der Waals surface area contributed by atoms with Crippen molar-refractivity contribution in [2.45, 2.75) is 167 Å². The van der Waals surface area contributed by atoms with Crippen LogP contribution in [0.5, 0.6) is 0 Å². The lowest BCUT2D eigenvalue weighted by atomic mass is 10.1. The Labute approximate surface area is 359 Å². The summed E-state index contributed by atoms with van der Waals surface area (Å²) in [7, 11) is 5.93. The van der Waals surface area contributed by atoms with Gasteiger partial charge in [-0.2, -0.15) is 0 Å². The van der Waals surface area contributed by atoms with Gasteiger partial charge in [0, 0.05) is 12.8 Å². The van der Waals surface area contributed by atoms with Crippen LogP contribution in [0.2, 0.25) is 0 Å². The summed E-state index contributed by atoms with van der Waals surface area (Å²) >= 11 is 0. The van der Waals surface area contributed by atoms with Gasteiger partial charge in [-0.25, -0.2) is 4.79 Å². The summed E-state index contributed by atoms with van der Waals surface area (Å²) in [5.74, 6) is -2.05. The molecule has 0 bridgehead atoms. The third-order valence-electron chi connectivity index (χ3n) is 9.17. The van der Waals surface area contributed by atoms with Crippen LogP contribution in [0.25, 0.3) is 0 Å². The van der Waals surface area contributed by atoms with Crippen LogP contribution in [0, 0.1) is 0 Å². The summed E-state index contributed by atoms with van der Waals surface area (Å²) in [6.45, 7) is 4.65. The van der Waals surface area contributed by atoms with Gasteiger partial charge in [-0.3, -0.25) is 9.59 Å². The molecule has 0 radical (unpaired) electrons. The summed E-state index contributed by atoms with van der Waals surface area (Å²) in [6, 6.07) is 0. The number of rotatable bonds is 40. The molecule has 2 unspecified atom stereocenters. The Bertz CT molecular complexity index is 1240. The zero-order valence-electron chi connectivity index (χ0n) is 37.9. The molecule has 0 aromatic rings. The number of aliphatic carboxylic acids is 1. The molecule has 0 saturated carbocycles. The molecule has 0 spiro atoms. The van der Waals surface area contributed by atoms with Crippen molar-refractivity contribution in [3.63, 3.8) is 0 Å². The standard InChI is InChI=1S/C50H83NO8/c1-6-8-10-12-14-15-16-17-18-19-20-21-22-23-24-25-26-27-28-29-30-31-32-33-35-37-39-41-48(53)59-46(44-57-47(52)40-38-36-34-13-11-9-7-2)45-58-50(49(54)55)56-43-42-51(3,4)5/h8,10,14-15,17-18,20-21,23-24,26-27,29-30,46,50H,6-7,9,11-13,16,19,22,25,28,31-45H2,1-5H3/p+1/b10-8-,15-14-,18-17-,21-20-,24-23-,27-26-,30-29-. The molecule has 0 fully saturated rings. The Balaban J connectivity index is 4.32. The Hall–Kier alpha value is -3.53. The lowest BCUT2D eigenvalue weighted by molar-refractivity contribution is -0.870. The number of carboxylic acids is 1. The van der Waals surface area contributed by atoms with Crippen LogP contribution in [-0.2, 0) is 33.3 Å². The highest BCUT2D eigenvalue weighted by atomic mass is 16.7. The number of carbonyl (C=O) groups is 3. The first kappa shape index (κ1) is 55.5. The molecule has 0 aromatic carbocycles. The topological polar surface area (TPSA) is 108 Å². The molecule has 0 amide bonds. The van der Waals surface area contributed by atoms with Crippen LogP contribution >= 0.6 is 0 Å². The molecule has 0 aliphatic carbocycles. The molecule has 59 heavy (non-hydrogen) atoms. The van der Waals surface area contributed by atoms with Crippen molar-refractivity contribution in [2.75, 3.05) is 47.5 Å². The van der Waals surface area contributed by atoms with E-state index in [1.165, 1.54) is 25.7 Å². The number of quaternary nitrogens is 1. The van der Waals surface area contributed by atoms with E-state index in [1.807, 2.05) is 21.1 Å². The fourth-order valence-electron chi connectivity index (χ4n) is 5.64. The Morgan fingerprint density at radius 1 is 0.525 bits per heavy atom. The minimum atomic E-state index is -1.52. The highest BCUT2D eigenvalue weighted by Crippen LogP contribution is 2.12. The fourth-order valence-corrected chi connectivity index (χ4v) is 5.64. The number of hydrogen-bond acceptors (Lipinski definition) is 7. The number of allylic oxidation sites excluding steroid dienone is 14. The number of carboxylic acid groups (broad SMARTS) is 1. The van der Waals surface area contributed by atoms with Gasteiger partial charge in [-0.05, 0) is 70.6 Å². The first-order valence-corrected chi connectivity index (χ1v) is 22.8. The van der Waals surface area contributed by atoms with Crippen molar-refractivity contribution < 1.29 is 42.9 Å². The van der Waals surface area contributed by atoms with Crippen molar-refractivity contribution in [2.24, 2.45) is 0 Å². The molecular weight excluding hydrogens is 743 g/mol. The maximum atomic E-state index is 12.7. The van der Waals surface area contributed by atoms with E-state index in [2.05, 4.69) is 98.9 Å². The van der Waals surface area contributed by atoms with E-state index in [0.29, 0.717) is 23.9 Å². The molecule has 0 heterocycles. The summed E-state index contributed by atoms with van der Waals surface area (Å²) in [4.78, 5) is 36.9. The molecular formula is C50H84NO8+. The molecule has 2 atom stereocenters. The van der Waals surface area contributed by atoms with E-state index >= 15 is 0 Å². The maximum Gasteiger partial charge on any atom is 0.361 e. The second-order valence-electron chi connectivity index (χ2n) is 16.0. The fraction of sp³-hybridized carbons (Fsp3) is 0.660. The van der Waals surface area contributed by atoms with E-state index in [4.69, 9.17) is 18.9 Å². The Morgan fingerprint density at radius 2 is 0.966 bits per heavy atom. The number of esters is 2. The third kappa shape index (κ3) is 42.4. The van der Waals surface area contributed by atoms with Crippen LogP contribution in [0.15, 0.2) is 85.1 Å². The van der Waals surface area contributed by atoms with E-state index < -0.39 is 24.3 Å². The summed E-state index contributed by atoms with van der Waals surface area (Å²) in [5.41, 5.74) is 0. The zero-order valence-corrected chi connectivity index (χ0v) is 37.9. The molecule has 0 saturated heterocycles. The lowest BCUT2D eigenvalue weighted by Gasteiger charge is -2.25. The van der Waals surface area contributed by atoms with Crippen molar-refractivity contribution in [3.8, 4) is 0 Å². The van der Waals surface area contributed by atoms with Crippen LogP contribution in [-0.4, -0.2) is 87.4 Å². The average Bonchev–Trinajstić information content (AvgIpc) is 3.19. The van der Waals surface area contributed by atoms with Crippen LogP contribution in [0.1, 0.15) is 155 Å². The van der Waals surface area contributed by atoms with Gasteiger partial charge in [0.05, 0.1) is 34.4 Å². The number of ether oxygens (including phenoxy) is 4. The van der Waals surface area contributed by atoms with Gasteiger partial charge < -0.3 is 28.5 Å². The number of hydrogen-bond donors (Lipinski definition) is 1. The SMILES string of the molecule is CC/C=C\C/C=C\C/C=C\C/C=C\C/C=C\C/C=C\C/C=C\CCCCCCCC(=O)OC(COC(=O)CCCCCCCCC)COC(OCC[N+](C)(C)C)C(=O)O. The summed E-state index contributed by atoms with van der Waals surface area (Å²) in [5, 5.41) is 9.60. The summed E-state index contributed by atoms with van der Waals surface area (Å²) in [6.07, 6.45) is 49.5. The van der Waals surface area contributed by atoms with Gasteiger partial charge in [-0.1, -0.05) is 157 Å². The van der Waals surface area contributed by atoms with E-state index in [9.17, 15) is 19.5 Å². The van der Waals surface area contributed by atoms with Crippen molar-refractivity contribution in [1.29, 1.82) is 0 Å². The molecule has 0 aliphatic rings. The van der Waals surface area contributed by atoms with Gasteiger partial charge in [0.2, 0.25) is 0 Å². The van der Waals surface area contributed by atoms with Crippen molar-refractivity contribution in [3.05, 3.63) is 85.1 Å². The predicted octanol–water partition coefficient (Wildman–Crippen LogP) is 12.1. The molecule has 0 aromatic heterocycles. The normalized spacial score (nSPS) is 13.7. The van der Waals surface area contributed by atoms with Gasteiger partial charge in [0.25, 0.3) is 6.29 Å². The predicted molar refractivity (Wildman–Crippen MR) is 244 cm³/mol. The van der Waals surface area contributed by atoms with Crippen LogP contribution < -0.4 is 0 Å². The highest BCUT2D eigenvalue weighted by Gasteiger charge is 2.25. The molecule has 9 heteroatoms. The van der Waals surface area contributed by atoms with Crippen molar-refractivity contribution in [1.82, 2.24) is 0 Å². The van der Waals surface area contributed by atoms with E-state index in [0.717, 1.165) is 96.3 Å². The highest BCUT2D eigenvalue weighted by molar-refractivity contribution is 5.71. The van der Waals surface area contributed by atoms with E-state index in [1.54, 1.807) is 0 Å². The molecule has 0 aliphatic heterocycles. The minimum absolute atomic E-state index is 0.180. The number of carbonyl (C=O) groups excluding carboxylic acids is 2. The van der Waals surface area contributed by atoms with Crippen LogP contribution in [0.4, 0.5) is 0 Å². The second kappa shape index (κ2) is 41.2. The van der Waals surface area contributed by atoms with Gasteiger partial charge >= 0.3 is 17.9 Å². The Morgan fingerprint density at radius 3 is 1.44 bits per heavy atom.